The van der Waals surface area contributed by atoms with Gasteiger partial charge >= 0.3 is 0 Å². The van der Waals surface area contributed by atoms with Gasteiger partial charge in [-0.15, -0.1) is 0 Å². The van der Waals surface area contributed by atoms with Gasteiger partial charge in [0.05, 0.1) is 7.11 Å². The van der Waals surface area contributed by atoms with E-state index in [2.05, 4.69) is 156 Å². The Morgan fingerprint density at radius 1 is 0.390 bits per heavy atom. The van der Waals surface area contributed by atoms with E-state index in [1.165, 1.54) is 22.3 Å². The van der Waals surface area contributed by atoms with Crippen LogP contribution < -0.4 is 14.5 Å². The van der Waals surface area contributed by atoms with Gasteiger partial charge in [0.1, 0.15) is 5.75 Å². The number of methoxy groups -OCH3 is 1. The molecule has 3 heteroatoms. The molecule has 0 aliphatic carbocycles. The second-order valence-electron chi connectivity index (χ2n) is 9.94. The van der Waals surface area contributed by atoms with Crippen molar-refractivity contribution in [2.75, 3.05) is 24.0 Å². The molecule has 0 aliphatic rings. The van der Waals surface area contributed by atoms with Crippen LogP contribution in [0.5, 0.6) is 5.75 Å². The molecule has 0 radical (unpaired) electrons. The number of ether oxygens (including phenoxy) is 1. The van der Waals surface area contributed by atoms with Crippen LogP contribution >= 0.6 is 0 Å². The summed E-state index contributed by atoms with van der Waals surface area (Å²) in [5.74, 6) is 0.849. The lowest BCUT2D eigenvalue weighted by molar-refractivity contribution is 0.415. The molecule has 0 heterocycles. The first kappa shape index (κ1) is 26.0. The summed E-state index contributed by atoms with van der Waals surface area (Å²) >= 11 is 0. The molecule has 0 aliphatic heterocycles. The van der Waals surface area contributed by atoms with Gasteiger partial charge in [-0.05, 0) is 82.9 Å². The largest absolute Gasteiger partial charge is 0.497 e. The van der Waals surface area contributed by atoms with Crippen LogP contribution in [0.4, 0.5) is 28.4 Å². The summed E-state index contributed by atoms with van der Waals surface area (Å²) < 4.78 is 5.40. The van der Waals surface area contributed by atoms with Crippen LogP contribution in [0.25, 0.3) is 22.3 Å². The molecule has 0 amide bonds. The molecule has 0 aromatic heterocycles. The number of anilines is 5. The van der Waals surface area contributed by atoms with Gasteiger partial charge in [0.25, 0.3) is 0 Å². The van der Waals surface area contributed by atoms with Gasteiger partial charge in [-0.25, -0.2) is 0 Å². The fourth-order valence-corrected chi connectivity index (χ4v) is 5.13. The molecule has 0 unspecified atom stereocenters. The van der Waals surface area contributed by atoms with E-state index >= 15 is 0 Å². The Morgan fingerprint density at radius 2 is 0.878 bits per heavy atom. The summed E-state index contributed by atoms with van der Waals surface area (Å²) in [6, 6.07) is 55.4. The van der Waals surface area contributed by atoms with E-state index in [0.717, 1.165) is 34.2 Å². The quantitative estimate of drug-likeness (QED) is 0.194. The number of hydrogen-bond acceptors (Lipinski definition) is 3. The van der Waals surface area contributed by atoms with Gasteiger partial charge in [0, 0.05) is 41.6 Å². The van der Waals surface area contributed by atoms with Gasteiger partial charge in [-0.2, -0.15) is 0 Å². The fourth-order valence-electron chi connectivity index (χ4n) is 5.13. The van der Waals surface area contributed by atoms with E-state index in [0.29, 0.717) is 0 Å². The number of rotatable bonds is 8. The highest BCUT2D eigenvalue weighted by molar-refractivity contribution is 5.81. The summed E-state index contributed by atoms with van der Waals surface area (Å²) in [5.41, 5.74) is 10.3. The summed E-state index contributed by atoms with van der Waals surface area (Å²) in [6.45, 7) is 0. The first-order valence-electron chi connectivity index (χ1n) is 13.8. The topological polar surface area (TPSA) is 15.7 Å². The van der Waals surface area contributed by atoms with Crippen molar-refractivity contribution in [1.82, 2.24) is 0 Å². The maximum Gasteiger partial charge on any atom is 0.120 e. The third-order valence-electron chi connectivity index (χ3n) is 7.38. The van der Waals surface area contributed by atoms with E-state index in [1.807, 2.05) is 18.2 Å². The Kier molecular flexibility index (Phi) is 7.51. The van der Waals surface area contributed by atoms with Gasteiger partial charge in [-0.3, -0.25) is 0 Å². The first-order valence-corrected chi connectivity index (χ1v) is 13.8. The molecule has 6 rings (SSSR count). The standard InChI is InChI=1S/C38H32N2O/c1-39(36-16-10-18-38(28-36)41-2)33-23-19-30(20-24-33)31-21-25-35(26-22-31)40(34-14-7-4-8-15-34)37-17-9-13-32(27-37)29-11-5-3-6-12-29/h3-28H,1-2H3. The van der Waals surface area contributed by atoms with Crippen molar-refractivity contribution in [1.29, 1.82) is 0 Å². The number of benzene rings is 6. The molecule has 0 spiro atoms. The molecule has 200 valence electrons. The molecule has 41 heavy (non-hydrogen) atoms. The smallest absolute Gasteiger partial charge is 0.120 e. The van der Waals surface area contributed by atoms with Crippen molar-refractivity contribution in [2.24, 2.45) is 0 Å². The highest BCUT2D eigenvalue weighted by Gasteiger charge is 2.14. The molecule has 0 bridgehead atoms. The van der Waals surface area contributed by atoms with Crippen molar-refractivity contribution in [3.8, 4) is 28.0 Å². The molecule has 0 saturated carbocycles. The SMILES string of the molecule is COc1cccc(N(C)c2ccc(-c3ccc(N(c4ccccc4)c4cccc(-c5ccccc5)c4)cc3)cc2)c1. The Hall–Kier alpha value is -5.28. The summed E-state index contributed by atoms with van der Waals surface area (Å²) in [4.78, 5) is 4.47. The van der Waals surface area contributed by atoms with Crippen molar-refractivity contribution in [3.63, 3.8) is 0 Å². The van der Waals surface area contributed by atoms with Crippen LogP contribution in [0.3, 0.4) is 0 Å². The molecule has 0 atom stereocenters. The van der Waals surface area contributed by atoms with Gasteiger partial charge < -0.3 is 14.5 Å². The maximum absolute atomic E-state index is 5.40. The molecule has 6 aromatic carbocycles. The van der Waals surface area contributed by atoms with Crippen molar-refractivity contribution >= 4 is 28.4 Å². The molecule has 0 N–H and O–H groups in total. The average molecular weight is 533 g/mol. The van der Waals surface area contributed by atoms with Crippen LogP contribution in [-0.4, -0.2) is 14.2 Å². The average Bonchev–Trinajstić information content (AvgIpc) is 3.06. The molecular formula is C38H32N2O. The lowest BCUT2D eigenvalue weighted by Crippen LogP contribution is -2.10. The summed E-state index contributed by atoms with van der Waals surface area (Å²) in [5, 5.41) is 0. The van der Waals surface area contributed by atoms with E-state index in [1.54, 1.807) is 7.11 Å². The van der Waals surface area contributed by atoms with Crippen molar-refractivity contribution < 1.29 is 4.74 Å². The zero-order valence-corrected chi connectivity index (χ0v) is 23.3. The summed E-state index contributed by atoms with van der Waals surface area (Å²) in [6.07, 6.45) is 0. The van der Waals surface area contributed by atoms with Crippen LogP contribution in [0.1, 0.15) is 0 Å². The Labute approximate surface area is 242 Å². The van der Waals surface area contributed by atoms with Gasteiger partial charge in [0.2, 0.25) is 0 Å². The van der Waals surface area contributed by atoms with Crippen LogP contribution in [-0.2, 0) is 0 Å². The molecule has 3 nitrogen and oxygen atoms in total. The number of para-hydroxylation sites is 1. The van der Waals surface area contributed by atoms with Crippen molar-refractivity contribution in [3.05, 3.63) is 158 Å². The minimum absolute atomic E-state index is 0.849. The molecule has 0 fully saturated rings. The lowest BCUT2D eigenvalue weighted by Gasteiger charge is -2.26. The maximum atomic E-state index is 5.40. The minimum Gasteiger partial charge on any atom is -0.497 e. The van der Waals surface area contributed by atoms with Crippen LogP contribution in [0, 0.1) is 0 Å². The zero-order valence-electron chi connectivity index (χ0n) is 23.3. The predicted octanol–water partition coefficient (Wildman–Crippen LogP) is 10.3. The van der Waals surface area contributed by atoms with Gasteiger partial charge in [0.15, 0.2) is 0 Å². The highest BCUT2D eigenvalue weighted by Crippen LogP contribution is 2.37. The Morgan fingerprint density at radius 3 is 1.54 bits per heavy atom. The monoisotopic (exact) mass is 532 g/mol. The molecule has 0 saturated heterocycles. The predicted molar refractivity (Wildman–Crippen MR) is 173 cm³/mol. The third kappa shape index (κ3) is 5.70. The molecular weight excluding hydrogens is 500 g/mol. The van der Waals surface area contributed by atoms with Crippen LogP contribution in [0.2, 0.25) is 0 Å². The Bertz CT molecular complexity index is 1710. The lowest BCUT2D eigenvalue weighted by atomic mass is 10.0. The van der Waals surface area contributed by atoms with E-state index in [9.17, 15) is 0 Å². The first-order chi connectivity index (χ1) is 20.2. The fraction of sp³-hybridized carbons (Fsp3) is 0.0526. The van der Waals surface area contributed by atoms with E-state index < -0.39 is 0 Å². The zero-order chi connectivity index (χ0) is 28.0. The third-order valence-corrected chi connectivity index (χ3v) is 7.38. The second kappa shape index (κ2) is 11.8. The normalized spacial score (nSPS) is 10.7. The van der Waals surface area contributed by atoms with E-state index in [-0.39, 0.29) is 0 Å². The number of nitrogens with zero attached hydrogens (tertiary/aromatic N) is 2. The highest BCUT2D eigenvalue weighted by atomic mass is 16.5. The number of hydrogen-bond donors (Lipinski definition) is 0. The minimum atomic E-state index is 0.849. The van der Waals surface area contributed by atoms with E-state index in [4.69, 9.17) is 4.74 Å². The van der Waals surface area contributed by atoms with Gasteiger partial charge in [-0.1, -0.05) is 91.0 Å². The second-order valence-corrected chi connectivity index (χ2v) is 9.94. The van der Waals surface area contributed by atoms with Crippen molar-refractivity contribution in [2.45, 2.75) is 0 Å². The van der Waals surface area contributed by atoms with Crippen LogP contribution in [0.15, 0.2) is 158 Å². The Balaban J connectivity index is 1.29. The summed E-state index contributed by atoms with van der Waals surface area (Å²) in [7, 11) is 3.77. The molecule has 6 aromatic rings.